The van der Waals surface area contributed by atoms with Crippen molar-refractivity contribution < 1.29 is 9.84 Å². The van der Waals surface area contributed by atoms with E-state index in [1.54, 1.807) is 7.11 Å². The number of para-hydroxylation sites is 1. The molecule has 0 aliphatic heterocycles. The van der Waals surface area contributed by atoms with Gasteiger partial charge in [-0.3, -0.25) is 0 Å². The zero-order chi connectivity index (χ0) is 12.1. The number of aliphatic hydroxyl groups excluding tert-OH is 1. The van der Waals surface area contributed by atoms with Gasteiger partial charge in [-0.05, 0) is 13.0 Å². The predicted molar refractivity (Wildman–Crippen MR) is 67.1 cm³/mol. The minimum atomic E-state index is -0.0140. The van der Waals surface area contributed by atoms with Crippen molar-refractivity contribution in [2.75, 3.05) is 25.7 Å². The van der Waals surface area contributed by atoms with Crippen LogP contribution in [0.5, 0.6) is 0 Å². The van der Waals surface area contributed by atoms with Crippen molar-refractivity contribution in [2.24, 2.45) is 0 Å². The number of benzene rings is 1. The van der Waals surface area contributed by atoms with Crippen molar-refractivity contribution in [3.63, 3.8) is 0 Å². The summed E-state index contributed by atoms with van der Waals surface area (Å²) in [6.45, 7) is 2.65. The number of aliphatic hydroxyl groups is 1. The second kappa shape index (κ2) is 6.09. The second-order valence-corrected chi connectivity index (χ2v) is 4.23. The number of methoxy groups -OCH3 is 1. The van der Waals surface area contributed by atoms with Gasteiger partial charge >= 0.3 is 0 Å². The Bertz CT molecular complexity index is 344. The van der Waals surface area contributed by atoms with Crippen LogP contribution in [0.2, 0.25) is 5.02 Å². The van der Waals surface area contributed by atoms with Gasteiger partial charge in [-0.25, -0.2) is 0 Å². The van der Waals surface area contributed by atoms with E-state index < -0.39 is 0 Å². The third-order valence-corrected chi connectivity index (χ3v) is 2.97. The summed E-state index contributed by atoms with van der Waals surface area (Å²) in [6.07, 6.45) is 0. The van der Waals surface area contributed by atoms with Crippen molar-refractivity contribution in [1.82, 2.24) is 0 Å². The Morgan fingerprint density at radius 3 is 2.75 bits per heavy atom. The molecule has 0 aliphatic rings. The summed E-state index contributed by atoms with van der Waals surface area (Å²) < 4.78 is 5.11. The topological polar surface area (TPSA) is 32.7 Å². The van der Waals surface area contributed by atoms with Gasteiger partial charge < -0.3 is 14.7 Å². The molecule has 0 heterocycles. The molecule has 1 aromatic rings. The van der Waals surface area contributed by atoms with Gasteiger partial charge in [0, 0.05) is 25.8 Å². The molecule has 4 heteroatoms. The number of anilines is 1. The molecule has 0 aliphatic carbocycles. The van der Waals surface area contributed by atoms with E-state index in [0.29, 0.717) is 11.6 Å². The van der Waals surface area contributed by atoms with Crippen LogP contribution in [-0.2, 0) is 11.3 Å². The fraction of sp³-hybridized carbons (Fsp3) is 0.500. The summed E-state index contributed by atoms with van der Waals surface area (Å²) in [5, 5.41) is 9.94. The molecule has 0 spiro atoms. The van der Waals surface area contributed by atoms with E-state index in [0.717, 1.165) is 11.3 Å². The lowest BCUT2D eigenvalue weighted by Crippen LogP contribution is -2.33. The first-order chi connectivity index (χ1) is 7.61. The fourth-order valence-corrected chi connectivity index (χ4v) is 1.98. The Kier molecular flexibility index (Phi) is 5.06. The minimum Gasteiger partial charge on any atom is -0.392 e. The van der Waals surface area contributed by atoms with Crippen molar-refractivity contribution in [3.05, 3.63) is 28.8 Å². The average molecular weight is 244 g/mol. The highest BCUT2D eigenvalue weighted by Gasteiger charge is 2.15. The first-order valence-electron chi connectivity index (χ1n) is 5.21. The molecule has 0 aromatic heterocycles. The third-order valence-electron chi connectivity index (χ3n) is 2.66. The number of hydrogen-bond acceptors (Lipinski definition) is 3. The van der Waals surface area contributed by atoms with Crippen LogP contribution in [0, 0.1) is 0 Å². The fourth-order valence-electron chi connectivity index (χ4n) is 1.66. The molecule has 1 atom stereocenters. The normalized spacial score (nSPS) is 12.6. The van der Waals surface area contributed by atoms with E-state index in [2.05, 4.69) is 0 Å². The Morgan fingerprint density at radius 2 is 2.19 bits per heavy atom. The third kappa shape index (κ3) is 2.88. The molecule has 0 saturated carbocycles. The number of ether oxygens (including phenoxy) is 1. The van der Waals surface area contributed by atoms with Gasteiger partial charge in [-0.1, -0.05) is 23.7 Å². The smallest absolute Gasteiger partial charge is 0.0702 e. The van der Waals surface area contributed by atoms with Crippen LogP contribution in [0.4, 0.5) is 5.69 Å². The highest BCUT2D eigenvalue weighted by Crippen LogP contribution is 2.30. The number of hydrogen-bond donors (Lipinski definition) is 1. The van der Waals surface area contributed by atoms with E-state index in [1.165, 1.54) is 0 Å². The van der Waals surface area contributed by atoms with E-state index >= 15 is 0 Å². The SMILES string of the molecule is COCC(C)N(C)c1c(Cl)cccc1CO. The predicted octanol–water partition coefficient (Wildman–Crippen LogP) is 2.30. The summed E-state index contributed by atoms with van der Waals surface area (Å²) in [6, 6.07) is 5.74. The van der Waals surface area contributed by atoms with Crippen LogP contribution < -0.4 is 4.90 Å². The number of halogens is 1. The van der Waals surface area contributed by atoms with Gasteiger partial charge in [0.1, 0.15) is 0 Å². The maximum absolute atomic E-state index is 9.29. The monoisotopic (exact) mass is 243 g/mol. The molecular formula is C12H18ClNO2. The van der Waals surface area contributed by atoms with Gasteiger partial charge in [-0.15, -0.1) is 0 Å². The zero-order valence-corrected chi connectivity index (χ0v) is 10.7. The minimum absolute atomic E-state index is 0.0140. The largest absolute Gasteiger partial charge is 0.392 e. The molecule has 1 aromatic carbocycles. The second-order valence-electron chi connectivity index (χ2n) is 3.82. The van der Waals surface area contributed by atoms with Crippen molar-refractivity contribution in [1.29, 1.82) is 0 Å². The van der Waals surface area contributed by atoms with Gasteiger partial charge in [0.2, 0.25) is 0 Å². The molecule has 3 nitrogen and oxygen atoms in total. The Labute approximate surface area is 102 Å². The lowest BCUT2D eigenvalue weighted by Gasteiger charge is -2.29. The molecule has 90 valence electrons. The quantitative estimate of drug-likeness (QED) is 0.862. The maximum Gasteiger partial charge on any atom is 0.0702 e. The summed E-state index contributed by atoms with van der Waals surface area (Å²) in [5.74, 6) is 0. The highest BCUT2D eigenvalue weighted by molar-refractivity contribution is 6.33. The molecule has 16 heavy (non-hydrogen) atoms. The molecule has 0 saturated heterocycles. The Balaban J connectivity index is 3.01. The van der Waals surface area contributed by atoms with E-state index in [1.807, 2.05) is 37.1 Å². The molecule has 0 amide bonds. The molecule has 0 bridgehead atoms. The number of rotatable bonds is 5. The Morgan fingerprint density at radius 1 is 1.50 bits per heavy atom. The van der Waals surface area contributed by atoms with Crippen molar-refractivity contribution >= 4 is 17.3 Å². The van der Waals surface area contributed by atoms with Gasteiger partial charge in [0.15, 0.2) is 0 Å². The van der Waals surface area contributed by atoms with Crippen LogP contribution in [0.3, 0.4) is 0 Å². The van der Waals surface area contributed by atoms with Crippen LogP contribution >= 0.6 is 11.6 Å². The van der Waals surface area contributed by atoms with E-state index in [4.69, 9.17) is 16.3 Å². The van der Waals surface area contributed by atoms with E-state index in [-0.39, 0.29) is 12.6 Å². The first kappa shape index (κ1) is 13.3. The maximum atomic E-state index is 9.29. The summed E-state index contributed by atoms with van der Waals surface area (Å²) in [4.78, 5) is 2.03. The van der Waals surface area contributed by atoms with Crippen LogP contribution in [0.15, 0.2) is 18.2 Å². The highest BCUT2D eigenvalue weighted by atomic mass is 35.5. The molecule has 1 unspecified atom stereocenters. The van der Waals surface area contributed by atoms with Crippen LogP contribution in [-0.4, -0.2) is 31.9 Å². The van der Waals surface area contributed by atoms with E-state index in [9.17, 15) is 5.11 Å². The van der Waals surface area contributed by atoms with Gasteiger partial charge in [0.25, 0.3) is 0 Å². The standard InChI is InChI=1S/C12H18ClNO2/c1-9(8-16-3)14(2)12-10(7-15)5-4-6-11(12)13/h4-6,9,15H,7-8H2,1-3H3. The molecule has 0 radical (unpaired) electrons. The molecule has 1 N–H and O–H groups in total. The molecule has 0 fully saturated rings. The number of likely N-dealkylation sites (N-methyl/N-ethyl adjacent to an activating group) is 1. The summed E-state index contributed by atoms with van der Waals surface area (Å²) >= 11 is 6.15. The lowest BCUT2D eigenvalue weighted by molar-refractivity contribution is 0.183. The van der Waals surface area contributed by atoms with Crippen LogP contribution in [0.25, 0.3) is 0 Å². The first-order valence-corrected chi connectivity index (χ1v) is 5.59. The van der Waals surface area contributed by atoms with Gasteiger partial charge in [0.05, 0.1) is 23.9 Å². The average Bonchev–Trinajstić information content (AvgIpc) is 2.28. The molecule has 1 rings (SSSR count). The van der Waals surface area contributed by atoms with Crippen molar-refractivity contribution in [3.8, 4) is 0 Å². The summed E-state index contributed by atoms with van der Waals surface area (Å²) in [5.41, 5.74) is 1.70. The van der Waals surface area contributed by atoms with Crippen molar-refractivity contribution in [2.45, 2.75) is 19.6 Å². The lowest BCUT2D eigenvalue weighted by atomic mass is 10.1. The molecular weight excluding hydrogens is 226 g/mol. The Hall–Kier alpha value is -0.770. The zero-order valence-electron chi connectivity index (χ0n) is 9.90. The number of nitrogens with zero attached hydrogens (tertiary/aromatic N) is 1. The van der Waals surface area contributed by atoms with Gasteiger partial charge in [-0.2, -0.15) is 0 Å². The van der Waals surface area contributed by atoms with Crippen LogP contribution in [0.1, 0.15) is 12.5 Å². The summed E-state index contributed by atoms with van der Waals surface area (Å²) in [7, 11) is 3.62.